The summed E-state index contributed by atoms with van der Waals surface area (Å²) < 4.78 is 13.4. The van der Waals surface area contributed by atoms with Gasteiger partial charge in [-0.25, -0.2) is 4.39 Å². The monoisotopic (exact) mass is 206 g/mol. The van der Waals surface area contributed by atoms with Gasteiger partial charge in [0.05, 0.1) is 6.04 Å². The number of hydrogen-bond donors (Lipinski definition) is 1. The molecule has 2 nitrogen and oxygen atoms in total. The van der Waals surface area contributed by atoms with Crippen molar-refractivity contribution in [3.63, 3.8) is 0 Å². The highest BCUT2D eigenvalue weighted by Gasteiger charge is 2.58. The predicted octanol–water partition coefficient (Wildman–Crippen LogP) is 1.17. The van der Waals surface area contributed by atoms with Crippen LogP contribution in [0.25, 0.3) is 0 Å². The first-order valence-corrected chi connectivity index (χ1v) is 5.45. The highest BCUT2D eigenvalue weighted by atomic mass is 19.1. The molecule has 2 aliphatic heterocycles. The van der Waals surface area contributed by atoms with Crippen LogP contribution in [0.15, 0.2) is 30.3 Å². The van der Waals surface area contributed by atoms with Gasteiger partial charge in [-0.3, -0.25) is 4.90 Å². The SMILES string of the molecule is N[C@@H]1[C@H]2CN(Cc3ccccc3)[C@@H]1[C@H]2F. The number of rotatable bonds is 2. The van der Waals surface area contributed by atoms with Crippen molar-refractivity contribution in [3.05, 3.63) is 35.9 Å². The van der Waals surface area contributed by atoms with Crippen molar-refractivity contribution >= 4 is 0 Å². The quantitative estimate of drug-likeness (QED) is 0.787. The Bertz CT molecular complexity index is 344. The van der Waals surface area contributed by atoms with Crippen LogP contribution in [0.1, 0.15) is 5.56 Å². The fourth-order valence-corrected chi connectivity index (χ4v) is 2.83. The topological polar surface area (TPSA) is 29.3 Å². The fourth-order valence-electron chi connectivity index (χ4n) is 2.83. The maximum Gasteiger partial charge on any atom is 0.123 e. The van der Waals surface area contributed by atoms with E-state index in [0.717, 1.165) is 13.1 Å². The van der Waals surface area contributed by atoms with Crippen molar-refractivity contribution < 1.29 is 4.39 Å². The zero-order valence-electron chi connectivity index (χ0n) is 8.51. The predicted molar refractivity (Wildman–Crippen MR) is 57.0 cm³/mol. The van der Waals surface area contributed by atoms with Gasteiger partial charge >= 0.3 is 0 Å². The van der Waals surface area contributed by atoms with Gasteiger partial charge in [-0.15, -0.1) is 0 Å². The zero-order chi connectivity index (χ0) is 10.4. The standard InChI is InChI=1S/C12H15FN2/c13-10-9-7-15(12(10)11(9)14)6-8-4-2-1-3-5-8/h1-5,9-12H,6-7,14H2/t9-,10-,11+,12+/m0/s1. The van der Waals surface area contributed by atoms with Gasteiger partial charge in [-0.1, -0.05) is 30.3 Å². The number of hydrogen-bond acceptors (Lipinski definition) is 2. The summed E-state index contributed by atoms with van der Waals surface area (Å²) in [5.74, 6) is 0.0821. The molecule has 3 heteroatoms. The van der Waals surface area contributed by atoms with Gasteiger partial charge < -0.3 is 5.73 Å². The van der Waals surface area contributed by atoms with Gasteiger partial charge in [-0.05, 0) is 5.56 Å². The Morgan fingerprint density at radius 2 is 2.07 bits per heavy atom. The Labute approximate surface area is 88.9 Å². The van der Waals surface area contributed by atoms with Gasteiger partial charge in [0.25, 0.3) is 0 Å². The second-order valence-electron chi connectivity index (χ2n) is 4.59. The van der Waals surface area contributed by atoms with Crippen molar-refractivity contribution in [2.45, 2.75) is 24.8 Å². The van der Waals surface area contributed by atoms with Crippen LogP contribution in [0, 0.1) is 5.92 Å². The van der Waals surface area contributed by atoms with Gasteiger partial charge in [0, 0.05) is 25.0 Å². The van der Waals surface area contributed by atoms with E-state index in [4.69, 9.17) is 5.73 Å². The van der Waals surface area contributed by atoms with Crippen molar-refractivity contribution in [3.8, 4) is 0 Å². The Balaban J connectivity index is 1.71. The molecule has 0 aromatic heterocycles. The van der Waals surface area contributed by atoms with E-state index in [2.05, 4.69) is 17.0 Å². The molecule has 15 heavy (non-hydrogen) atoms. The second kappa shape index (κ2) is 3.29. The third-order valence-corrected chi connectivity index (χ3v) is 3.72. The van der Waals surface area contributed by atoms with Gasteiger partial charge in [-0.2, -0.15) is 0 Å². The highest BCUT2D eigenvalue weighted by molar-refractivity contribution is 5.19. The van der Waals surface area contributed by atoms with Gasteiger partial charge in [0.15, 0.2) is 0 Å². The Morgan fingerprint density at radius 3 is 2.60 bits per heavy atom. The molecule has 4 rings (SSSR count). The lowest BCUT2D eigenvalue weighted by Gasteiger charge is -2.37. The molecule has 2 bridgehead atoms. The molecule has 0 unspecified atom stereocenters. The molecule has 2 N–H and O–H groups in total. The van der Waals surface area contributed by atoms with Crippen molar-refractivity contribution in [2.24, 2.45) is 11.7 Å². The molecule has 80 valence electrons. The summed E-state index contributed by atoms with van der Waals surface area (Å²) in [5.41, 5.74) is 7.12. The van der Waals surface area contributed by atoms with Crippen molar-refractivity contribution in [1.82, 2.24) is 4.90 Å². The molecular weight excluding hydrogens is 191 g/mol. The molecule has 0 amide bonds. The average Bonchev–Trinajstić information content (AvgIpc) is 2.75. The normalized spacial score (nSPS) is 39.1. The van der Waals surface area contributed by atoms with E-state index in [9.17, 15) is 4.39 Å². The smallest absolute Gasteiger partial charge is 0.123 e. The van der Waals surface area contributed by atoms with E-state index in [-0.39, 0.29) is 18.0 Å². The van der Waals surface area contributed by atoms with Crippen molar-refractivity contribution in [2.75, 3.05) is 6.54 Å². The minimum atomic E-state index is -0.691. The number of fused-ring (bicyclic) bond motifs is 1. The first-order valence-electron chi connectivity index (χ1n) is 5.45. The summed E-state index contributed by atoms with van der Waals surface area (Å²) in [6, 6.07) is 10.2. The van der Waals surface area contributed by atoms with Crippen LogP contribution >= 0.6 is 0 Å². The summed E-state index contributed by atoms with van der Waals surface area (Å²) in [5, 5.41) is 0. The molecule has 1 aromatic carbocycles. The maximum atomic E-state index is 13.4. The fraction of sp³-hybridized carbons (Fsp3) is 0.500. The molecule has 0 spiro atoms. The minimum Gasteiger partial charge on any atom is -0.326 e. The number of alkyl halides is 1. The van der Waals surface area contributed by atoms with E-state index in [0.29, 0.717) is 0 Å². The zero-order valence-corrected chi connectivity index (χ0v) is 8.51. The molecular formula is C12H15FN2. The van der Waals surface area contributed by atoms with Gasteiger partial charge in [0.2, 0.25) is 0 Å². The van der Waals surface area contributed by atoms with E-state index >= 15 is 0 Å². The molecule has 2 heterocycles. The number of halogens is 1. The van der Waals surface area contributed by atoms with Crippen LogP contribution in [0.2, 0.25) is 0 Å². The molecule has 1 saturated carbocycles. The van der Waals surface area contributed by atoms with E-state index in [1.807, 2.05) is 18.2 Å². The number of nitrogens with zero attached hydrogens (tertiary/aromatic N) is 1. The van der Waals surface area contributed by atoms with Crippen LogP contribution < -0.4 is 5.73 Å². The summed E-state index contributed by atoms with van der Waals surface area (Å²) in [6.07, 6.45) is -0.691. The van der Waals surface area contributed by atoms with E-state index in [1.165, 1.54) is 5.56 Å². The van der Waals surface area contributed by atoms with E-state index in [1.54, 1.807) is 0 Å². The first kappa shape index (κ1) is 9.31. The summed E-state index contributed by atoms with van der Waals surface area (Å²) in [7, 11) is 0. The van der Waals surface area contributed by atoms with Crippen LogP contribution in [0.3, 0.4) is 0 Å². The first-order chi connectivity index (χ1) is 7.27. The summed E-state index contributed by atoms with van der Waals surface area (Å²) >= 11 is 0. The molecule has 1 aromatic rings. The lowest BCUT2D eigenvalue weighted by atomic mass is 9.78. The van der Waals surface area contributed by atoms with Crippen LogP contribution in [-0.2, 0) is 6.54 Å². The molecule has 3 fully saturated rings. The highest BCUT2D eigenvalue weighted by Crippen LogP contribution is 2.42. The lowest BCUT2D eigenvalue weighted by molar-refractivity contribution is 0.0749. The molecule has 4 atom stereocenters. The Morgan fingerprint density at radius 1 is 1.33 bits per heavy atom. The molecule has 2 saturated heterocycles. The van der Waals surface area contributed by atoms with E-state index < -0.39 is 6.17 Å². The van der Waals surface area contributed by atoms with Gasteiger partial charge in [0.1, 0.15) is 6.17 Å². The second-order valence-corrected chi connectivity index (χ2v) is 4.59. The Hall–Kier alpha value is -0.930. The largest absolute Gasteiger partial charge is 0.326 e. The lowest BCUT2D eigenvalue weighted by Crippen LogP contribution is -2.58. The van der Waals surface area contributed by atoms with Crippen LogP contribution in [0.4, 0.5) is 4.39 Å². The molecule has 3 aliphatic rings. The van der Waals surface area contributed by atoms with Crippen LogP contribution in [-0.4, -0.2) is 29.7 Å². The third-order valence-electron chi connectivity index (χ3n) is 3.72. The summed E-state index contributed by atoms with van der Waals surface area (Å²) in [4.78, 5) is 2.18. The summed E-state index contributed by atoms with van der Waals surface area (Å²) in [6.45, 7) is 1.65. The van der Waals surface area contributed by atoms with Crippen LogP contribution in [0.5, 0.6) is 0 Å². The number of benzene rings is 1. The third kappa shape index (κ3) is 1.30. The van der Waals surface area contributed by atoms with Crippen molar-refractivity contribution in [1.29, 1.82) is 0 Å². The molecule has 0 radical (unpaired) electrons. The average molecular weight is 206 g/mol. The maximum absolute atomic E-state index is 13.4. The minimum absolute atomic E-state index is 0.0322. The number of nitrogens with two attached hydrogens (primary N) is 1. The molecule has 1 aliphatic carbocycles. The Kier molecular flexibility index (Phi) is 2.04.